The number of benzene rings is 1. The monoisotopic (exact) mass is 320 g/mol. The van der Waals surface area contributed by atoms with Gasteiger partial charge in [0, 0.05) is 6.04 Å². The van der Waals surface area contributed by atoms with Gasteiger partial charge in [-0.25, -0.2) is 15.0 Å². The van der Waals surface area contributed by atoms with Crippen LogP contribution >= 0.6 is 0 Å². The van der Waals surface area contributed by atoms with E-state index in [1.165, 1.54) is 12.1 Å². The van der Waals surface area contributed by atoms with Crippen LogP contribution in [0.4, 0.5) is 13.2 Å². The molecule has 22 heavy (non-hydrogen) atoms. The lowest BCUT2D eigenvalue weighted by Crippen LogP contribution is -2.40. The molecule has 1 atom stereocenters. The van der Waals surface area contributed by atoms with Crippen molar-refractivity contribution in [2.24, 2.45) is 0 Å². The molecule has 0 bridgehead atoms. The molecule has 0 saturated carbocycles. The van der Waals surface area contributed by atoms with Gasteiger partial charge in [-0.3, -0.25) is 0 Å². The lowest BCUT2D eigenvalue weighted by atomic mass is 10.1. The molecule has 9 heteroatoms. The molecule has 1 aromatic rings. The van der Waals surface area contributed by atoms with Crippen LogP contribution < -0.4 is 11.0 Å². The van der Waals surface area contributed by atoms with E-state index in [2.05, 4.69) is 10.3 Å². The number of hydrazine groups is 1. The van der Waals surface area contributed by atoms with Crippen LogP contribution in [0.25, 0.3) is 0 Å². The molecule has 0 amide bonds. The molecule has 0 heterocycles. The topological polar surface area (TPSA) is 76.7 Å². The zero-order chi connectivity index (χ0) is 16.8. The molecule has 0 fully saturated rings. The van der Waals surface area contributed by atoms with Crippen molar-refractivity contribution in [3.8, 4) is 0 Å². The van der Waals surface area contributed by atoms with Crippen molar-refractivity contribution in [1.29, 1.82) is 0 Å². The Labute approximate surface area is 124 Å². The first-order chi connectivity index (χ1) is 10.3. The van der Waals surface area contributed by atoms with Gasteiger partial charge in [0.15, 0.2) is 0 Å². The summed E-state index contributed by atoms with van der Waals surface area (Å²) in [7, 11) is 0. The van der Waals surface area contributed by atoms with Crippen LogP contribution in [-0.2, 0) is 14.4 Å². The lowest BCUT2D eigenvalue weighted by molar-refractivity contribution is -0.209. The highest BCUT2D eigenvalue weighted by Crippen LogP contribution is 2.16. The van der Waals surface area contributed by atoms with Crippen LogP contribution in [0.3, 0.4) is 0 Å². The molecule has 0 saturated heterocycles. The van der Waals surface area contributed by atoms with Crippen LogP contribution in [-0.4, -0.2) is 24.7 Å². The third-order valence-electron chi connectivity index (χ3n) is 2.57. The first-order valence-corrected chi connectivity index (χ1v) is 6.31. The standard InChI is InChI=1S/C13H15F3N2O4/c1-3-21-11(19)10-6-4-9(5-7-10)8(2)17-18-22-12(20)13(14,15)16/h4-8,17-18H,3H2,1-2H3/t8-/m0/s1. The van der Waals surface area contributed by atoms with E-state index in [1.54, 1.807) is 31.6 Å². The van der Waals surface area contributed by atoms with E-state index in [1.807, 2.05) is 0 Å². The van der Waals surface area contributed by atoms with Crippen molar-refractivity contribution in [2.75, 3.05) is 6.61 Å². The van der Waals surface area contributed by atoms with Gasteiger partial charge < -0.3 is 9.57 Å². The lowest BCUT2D eigenvalue weighted by Gasteiger charge is -2.15. The van der Waals surface area contributed by atoms with Gasteiger partial charge >= 0.3 is 18.1 Å². The number of hydrogen-bond acceptors (Lipinski definition) is 6. The molecular weight excluding hydrogens is 305 g/mol. The van der Waals surface area contributed by atoms with Gasteiger partial charge in [-0.1, -0.05) is 17.7 Å². The summed E-state index contributed by atoms with van der Waals surface area (Å²) in [6.45, 7) is 3.56. The van der Waals surface area contributed by atoms with Crippen molar-refractivity contribution in [2.45, 2.75) is 26.1 Å². The number of alkyl halides is 3. The van der Waals surface area contributed by atoms with Crippen LogP contribution in [0.2, 0.25) is 0 Å². The minimum absolute atomic E-state index is 0.257. The molecule has 0 aliphatic heterocycles. The van der Waals surface area contributed by atoms with E-state index in [4.69, 9.17) is 4.74 Å². The van der Waals surface area contributed by atoms with Crippen LogP contribution in [0.1, 0.15) is 35.8 Å². The first kappa shape index (κ1) is 17.9. The summed E-state index contributed by atoms with van der Waals surface area (Å²) < 4.78 is 40.5. The molecule has 1 aromatic carbocycles. The first-order valence-electron chi connectivity index (χ1n) is 6.31. The maximum atomic E-state index is 11.9. The summed E-state index contributed by atoms with van der Waals surface area (Å²) in [6, 6.07) is 5.76. The largest absolute Gasteiger partial charge is 0.492 e. The van der Waals surface area contributed by atoms with Gasteiger partial charge in [-0.05, 0) is 31.5 Å². The fourth-order valence-corrected chi connectivity index (χ4v) is 1.43. The number of esters is 1. The third kappa shape index (κ3) is 5.34. The minimum Gasteiger partial charge on any atom is -0.462 e. The summed E-state index contributed by atoms with van der Waals surface area (Å²) in [5.74, 6) is -2.82. The fraction of sp³-hybridized carbons (Fsp3) is 0.385. The SMILES string of the molecule is CCOC(=O)c1ccc([C@H](C)NNOC(=O)C(F)(F)F)cc1. The second kappa shape index (κ2) is 7.76. The Bertz CT molecular complexity index is 517. The van der Waals surface area contributed by atoms with Gasteiger partial charge in [0.05, 0.1) is 12.2 Å². The number of carbonyl (C=O) groups is 2. The maximum Gasteiger partial charge on any atom is 0.492 e. The van der Waals surface area contributed by atoms with E-state index in [-0.39, 0.29) is 6.61 Å². The molecular formula is C13H15F3N2O4. The molecule has 0 aliphatic carbocycles. The average Bonchev–Trinajstić information content (AvgIpc) is 2.46. The van der Waals surface area contributed by atoms with Gasteiger partial charge in [0.2, 0.25) is 0 Å². The van der Waals surface area contributed by atoms with E-state index >= 15 is 0 Å². The number of hydrogen-bond donors (Lipinski definition) is 2. The number of halogens is 3. The summed E-state index contributed by atoms with van der Waals surface area (Å²) in [5.41, 5.74) is 5.11. The van der Waals surface area contributed by atoms with Crippen molar-refractivity contribution in [1.82, 2.24) is 11.0 Å². The van der Waals surface area contributed by atoms with Gasteiger partial charge in [0.1, 0.15) is 0 Å². The predicted molar refractivity (Wildman–Crippen MR) is 69.2 cm³/mol. The molecule has 2 N–H and O–H groups in total. The Hall–Kier alpha value is -2.13. The summed E-state index contributed by atoms with van der Waals surface area (Å²) in [6.07, 6.45) is -5.07. The molecule has 0 spiro atoms. The van der Waals surface area contributed by atoms with Gasteiger partial charge in [-0.15, -0.1) is 0 Å². The highest BCUT2D eigenvalue weighted by Gasteiger charge is 2.41. The molecule has 0 aromatic heterocycles. The third-order valence-corrected chi connectivity index (χ3v) is 2.57. The van der Waals surface area contributed by atoms with Crippen molar-refractivity contribution >= 4 is 11.9 Å². The Morgan fingerprint density at radius 1 is 1.23 bits per heavy atom. The van der Waals surface area contributed by atoms with Crippen molar-refractivity contribution in [3.05, 3.63) is 35.4 Å². The number of nitrogens with one attached hydrogen (secondary N) is 2. The summed E-state index contributed by atoms with van der Waals surface area (Å²) >= 11 is 0. The Kier molecular flexibility index (Phi) is 6.32. The zero-order valence-corrected chi connectivity index (χ0v) is 11.9. The van der Waals surface area contributed by atoms with Gasteiger partial charge in [-0.2, -0.15) is 13.2 Å². The molecule has 0 aliphatic rings. The Morgan fingerprint density at radius 2 is 1.82 bits per heavy atom. The smallest absolute Gasteiger partial charge is 0.462 e. The normalized spacial score (nSPS) is 12.6. The van der Waals surface area contributed by atoms with E-state index in [9.17, 15) is 22.8 Å². The van der Waals surface area contributed by atoms with E-state index in [0.717, 1.165) is 0 Å². The molecule has 0 unspecified atom stereocenters. The van der Waals surface area contributed by atoms with Crippen LogP contribution in [0, 0.1) is 0 Å². The van der Waals surface area contributed by atoms with E-state index in [0.29, 0.717) is 11.1 Å². The number of ether oxygens (including phenoxy) is 1. The molecule has 6 nitrogen and oxygen atoms in total. The van der Waals surface area contributed by atoms with E-state index < -0.39 is 24.2 Å². The number of rotatable bonds is 6. The summed E-state index contributed by atoms with van der Waals surface area (Å²) in [5, 5.41) is 0. The Balaban J connectivity index is 2.51. The quantitative estimate of drug-likeness (QED) is 0.617. The van der Waals surface area contributed by atoms with Crippen molar-refractivity contribution in [3.63, 3.8) is 0 Å². The maximum absolute atomic E-state index is 11.9. The highest BCUT2D eigenvalue weighted by atomic mass is 19.4. The van der Waals surface area contributed by atoms with Crippen LogP contribution in [0.5, 0.6) is 0 Å². The second-order valence-electron chi connectivity index (χ2n) is 4.20. The van der Waals surface area contributed by atoms with Crippen LogP contribution in [0.15, 0.2) is 24.3 Å². The molecule has 1 rings (SSSR count). The van der Waals surface area contributed by atoms with Crippen molar-refractivity contribution < 1.29 is 32.3 Å². The summed E-state index contributed by atoms with van der Waals surface area (Å²) in [4.78, 5) is 25.7. The number of carbonyl (C=O) groups excluding carboxylic acids is 2. The minimum atomic E-state index is -5.07. The predicted octanol–water partition coefficient (Wildman–Crippen LogP) is 2.04. The fourth-order valence-electron chi connectivity index (χ4n) is 1.43. The van der Waals surface area contributed by atoms with Gasteiger partial charge in [0.25, 0.3) is 0 Å². The Morgan fingerprint density at radius 3 is 2.32 bits per heavy atom. The molecule has 122 valence electrons. The second-order valence-corrected chi connectivity index (χ2v) is 4.20. The highest BCUT2D eigenvalue weighted by molar-refractivity contribution is 5.89. The zero-order valence-electron chi connectivity index (χ0n) is 11.9. The average molecular weight is 320 g/mol. The molecule has 0 radical (unpaired) electrons.